The molecule has 1 amide bonds. The number of pyridine rings is 2. The first-order valence-corrected chi connectivity index (χ1v) is 13.8. The highest BCUT2D eigenvalue weighted by Crippen LogP contribution is 2.36. The van der Waals surface area contributed by atoms with Crippen molar-refractivity contribution in [3.05, 3.63) is 71.2 Å². The molecule has 2 aromatic heterocycles. The summed E-state index contributed by atoms with van der Waals surface area (Å²) in [6, 6.07) is 14.6. The van der Waals surface area contributed by atoms with E-state index in [2.05, 4.69) is 29.2 Å². The molecule has 0 bridgehead atoms. The molecule has 1 aliphatic carbocycles. The monoisotopic (exact) mass is 499 g/mol. The van der Waals surface area contributed by atoms with E-state index >= 15 is 0 Å². The number of methoxy groups -OCH3 is 1. The first-order chi connectivity index (χ1) is 18.1. The standard InChI is InChI=1S/C31H37N3O3/c1-37-31(36)20-27(25-19-24-8-3-4-10-28(24)32-21-25)22-15-17-34(18-16-22)30(35)12-6-9-26-14-13-23-7-2-5-11-29(23)33-26/h3-4,8,10,13-14,19,21-22,27H,2,5-7,9,11-12,15-18,20H2,1H3. The van der Waals surface area contributed by atoms with Crippen LogP contribution in [-0.2, 0) is 33.6 Å². The Balaban J connectivity index is 1.16. The zero-order chi connectivity index (χ0) is 25.6. The minimum absolute atomic E-state index is 0.0388. The number of hydrogen-bond donors (Lipinski definition) is 0. The Kier molecular flexibility index (Phi) is 8.12. The Bertz CT molecular complexity index is 1250. The second kappa shape index (κ2) is 11.8. The molecule has 6 nitrogen and oxygen atoms in total. The Hall–Kier alpha value is -3.28. The number of nitrogens with zero attached hydrogens (tertiary/aromatic N) is 3. The minimum atomic E-state index is -0.201. The van der Waals surface area contributed by atoms with Crippen LogP contribution in [-0.4, -0.2) is 46.9 Å². The number of esters is 1. The zero-order valence-electron chi connectivity index (χ0n) is 21.8. The summed E-state index contributed by atoms with van der Waals surface area (Å²) in [5, 5.41) is 1.08. The average molecular weight is 500 g/mol. The van der Waals surface area contributed by atoms with Gasteiger partial charge < -0.3 is 9.64 Å². The number of amides is 1. The largest absolute Gasteiger partial charge is 0.469 e. The third kappa shape index (κ3) is 6.17. The van der Waals surface area contributed by atoms with E-state index in [4.69, 9.17) is 9.72 Å². The lowest BCUT2D eigenvalue weighted by Gasteiger charge is -2.36. The van der Waals surface area contributed by atoms with Gasteiger partial charge in [0.25, 0.3) is 0 Å². The van der Waals surface area contributed by atoms with Gasteiger partial charge in [-0.1, -0.05) is 24.3 Å². The summed E-state index contributed by atoms with van der Waals surface area (Å²) in [5.41, 5.74) is 5.81. The fourth-order valence-corrected chi connectivity index (χ4v) is 6.01. The number of piperidine rings is 1. The molecule has 0 saturated carbocycles. The number of ether oxygens (including phenoxy) is 1. The second-order valence-electron chi connectivity index (χ2n) is 10.5. The highest BCUT2D eigenvalue weighted by Gasteiger charge is 2.31. The van der Waals surface area contributed by atoms with Crippen LogP contribution in [0, 0.1) is 5.92 Å². The maximum Gasteiger partial charge on any atom is 0.306 e. The molecule has 1 atom stereocenters. The van der Waals surface area contributed by atoms with Gasteiger partial charge in [-0.05, 0) is 92.5 Å². The van der Waals surface area contributed by atoms with E-state index in [1.54, 1.807) is 0 Å². The highest BCUT2D eigenvalue weighted by molar-refractivity contribution is 5.79. The number of benzene rings is 1. The fraction of sp³-hybridized carbons (Fsp3) is 0.484. The smallest absolute Gasteiger partial charge is 0.306 e. The predicted molar refractivity (Wildman–Crippen MR) is 144 cm³/mol. The van der Waals surface area contributed by atoms with Gasteiger partial charge >= 0.3 is 5.97 Å². The van der Waals surface area contributed by atoms with Crippen LogP contribution in [0.5, 0.6) is 0 Å². The molecule has 1 aromatic carbocycles. The van der Waals surface area contributed by atoms with Gasteiger partial charge in [-0.25, -0.2) is 0 Å². The molecule has 1 aliphatic heterocycles. The van der Waals surface area contributed by atoms with Crippen LogP contribution in [0.1, 0.15) is 73.4 Å². The molecule has 5 rings (SSSR count). The second-order valence-corrected chi connectivity index (χ2v) is 10.5. The number of fused-ring (bicyclic) bond motifs is 2. The maximum absolute atomic E-state index is 13.0. The molecule has 3 aromatic rings. The van der Waals surface area contributed by atoms with Crippen molar-refractivity contribution in [1.29, 1.82) is 0 Å². The molecule has 1 fully saturated rings. The van der Waals surface area contributed by atoms with Gasteiger partial charge in [0.1, 0.15) is 0 Å². The van der Waals surface area contributed by atoms with Gasteiger partial charge in [-0.15, -0.1) is 0 Å². The van der Waals surface area contributed by atoms with Gasteiger partial charge in [0.2, 0.25) is 5.91 Å². The summed E-state index contributed by atoms with van der Waals surface area (Å²) in [6.45, 7) is 1.47. The van der Waals surface area contributed by atoms with Crippen molar-refractivity contribution in [3.8, 4) is 0 Å². The topological polar surface area (TPSA) is 72.4 Å². The lowest BCUT2D eigenvalue weighted by Crippen LogP contribution is -2.40. The van der Waals surface area contributed by atoms with Crippen molar-refractivity contribution in [2.24, 2.45) is 5.92 Å². The molecule has 37 heavy (non-hydrogen) atoms. The molecule has 2 aliphatic rings. The number of carbonyl (C=O) groups is 2. The fourth-order valence-electron chi connectivity index (χ4n) is 6.01. The zero-order valence-corrected chi connectivity index (χ0v) is 21.8. The number of likely N-dealkylation sites (tertiary alicyclic amines) is 1. The number of aromatic nitrogens is 2. The van der Waals surface area contributed by atoms with Gasteiger partial charge in [0.15, 0.2) is 0 Å². The van der Waals surface area contributed by atoms with E-state index in [-0.39, 0.29) is 17.8 Å². The van der Waals surface area contributed by atoms with Crippen molar-refractivity contribution in [1.82, 2.24) is 14.9 Å². The van der Waals surface area contributed by atoms with Gasteiger partial charge in [0.05, 0.1) is 19.0 Å². The van der Waals surface area contributed by atoms with Crippen LogP contribution in [0.15, 0.2) is 48.7 Å². The van der Waals surface area contributed by atoms with Crippen molar-refractivity contribution in [2.45, 2.75) is 70.1 Å². The first-order valence-electron chi connectivity index (χ1n) is 13.8. The molecule has 0 N–H and O–H groups in total. The Labute approximate surface area is 219 Å². The van der Waals surface area contributed by atoms with Gasteiger partial charge in [-0.2, -0.15) is 0 Å². The summed E-state index contributed by atoms with van der Waals surface area (Å²) in [5.74, 6) is 0.378. The van der Waals surface area contributed by atoms with Crippen LogP contribution < -0.4 is 0 Å². The van der Waals surface area contributed by atoms with Gasteiger partial charge in [-0.3, -0.25) is 19.6 Å². The lowest BCUT2D eigenvalue weighted by atomic mass is 9.78. The third-order valence-corrected chi connectivity index (χ3v) is 8.17. The van der Waals surface area contributed by atoms with Crippen LogP contribution in [0.3, 0.4) is 0 Å². The minimum Gasteiger partial charge on any atom is -0.469 e. The van der Waals surface area contributed by atoms with E-state index < -0.39 is 0 Å². The third-order valence-electron chi connectivity index (χ3n) is 8.17. The molecule has 3 heterocycles. The van der Waals surface area contributed by atoms with E-state index in [1.165, 1.54) is 31.2 Å². The van der Waals surface area contributed by atoms with E-state index in [0.717, 1.165) is 73.8 Å². The van der Waals surface area contributed by atoms with Crippen LogP contribution in [0.4, 0.5) is 0 Å². The molecular weight excluding hydrogens is 462 g/mol. The van der Waals surface area contributed by atoms with Crippen molar-refractivity contribution in [3.63, 3.8) is 0 Å². The highest BCUT2D eigenvalue weighted by atomic mass is 16.5. The Morgan fingerprint density at radius 3 is 2.73 bits per heavy atom. The molecule has 0 spiro atoms. The quantitative estimate of drug-likeness (QED) is 0.387. The predicted octanol–water partition coefficient (Wildman–Crippen LogP) is 5.42. The summed E-state index contributed by atoms with van der Waals surface area (Å²) >= 11 is 0. The maximum atomic E-state index is 13.0. The SMILES string of the molecule is COC(=O)CC(c1cnc2ccccc2c1)C1CCN(C(=O)CCCc2ccc3c(n2)CCCC3)CC1. The van der Waals surface area contributed by atoms with E-state index in [1.807, 2.05) is 29.3 Å². The van der Waals surface area contributed by atoms with Crippen molar-refractivity contribution in [2.75, 3.05) is 20.2 Å². The normalized spacial score (nSPS) is 16.8. The Morgan fingerprint density at radius 2 is 1.89 bits per heavy atom. The molecule has 6 heteroatoms. The lowest BCUT2D eigenvalue weighted by molar-refractivity contribution is -0.142. The van der Waals surface area contributed by atoms with Gasteiger partial charge in [0, 0.05) is 42.5 Å². The first kappa shape index (κ1) is 25.4. The summed E-state index contributed by atoms with van der Waals surface area (Å²) in [7, 11) is 1.44. The summed E-state index contributed by atoms with van der Waals surface area (Å²) < 4.78 is 5.02. The molecule has 0 radical (unpaired) electrons. The van der Waals surface area contributed by atoms with E-state index in [0.29, 0.717) is 18.8 Å². The molecular formula is C31H37N3O3. The number of aryl methyl sites for hydroxylation is 3. The number of rotatable bonds is 8. The number of para-hydroxylation sites is 1. The summed E-state index contributed by atoms with van der Waals surface area (Å²) in [6.07, 6.45) is 11.0. The van der Waals surface area contributed by atoms with E-state index in [9.17, 15) is 9.59 Å². The molecule has 194 valence electrons. The molecule has 1 saturated heterocycles. The Morgan fingerprint density at radius 1 is 1.08 bits per heavy atom. The number of carbonyl (C=O) groups excluding carboxylic acids is 2. The average Bonchev–Trinajstić information content (AvgIpc) is 2.95. The van der Waals surface area contributed by atoms with Crippen LogP contribution >= 0.6 is 0 Å². The van der Waals surface area contributed by atoms with Crippen LogP contribution in [0.25, 0.3) is 10.9 Å². The van der Waals surface area contributed by atoms with Crippen molar-refractivity contribution < 1.29 is 14.3 Å². The van der Waals surface area contributed by atoms with Crippen LogP contribution in [0.2, 0.25) is 0 Å². The summed E-state index contributed by atoms with van der Waals surface area (Å²) in [4.78, 5) is 36.7. The van der Waals surface area contributed by atoms with Crippen molar-refractivity contribution >= 4 is 22.8 Å². The number of hydrogen-bond acceptors (Lipinski definition) is 5. The molecule has 1 unspecified atom stereocenters.